The molecule has 1 aromatic heterocycles. The third-order valence-corrected chi connectivity index (χ3v) is 1.94. The molecule has 4 heteroatoms. The van der Waals surface area contributed by atoms with E-state index in [0.717, 1.165) is 12.2 Å². The number of ketones is 1. The van der Waals surface area contributed by atoms with Crippen LogP contribution >= 0.6 is 0 Å². The molecule has 1 aromatic rings. The zero-order valence-electron chi connectivity index (χ0n) is 9.03. The summed E-state index contributed by atoms with van der Waals surface area (Å²) < 4.78 is 0. The van der Waals surface area contributed by atoms with Crippen LogP contribution in [-0.4, -0.2) is 29.8 Å². The Balaban J connectivity index is 3.24. The monoisotopic (exact) mass is 193 g/mol. The van der Waals surface area contributed by atoms with Crippen LogP contribution in [0.1, 0.15) is 30.0 Å². The molecular formula is C10H15N3O. The van der Waals surface area contributed by atoms with E-state index in [1.807, 2.05) is 25.9 Å². The molecule has 0 spiro atoms. The Morgan fingerprint density at radius 3 is 2.57 bits per heavy atom. The topological polar surface area (TPSA) is 46.1 Å². The second kappa shape index (κ2) is 4.17. The van der Waals surface area contributed by atoms with E-state index in [2.05, 4.69) is 9.97 Å². The van der Waals surface area contributed by atoms with Gasteiger partial charge < -0.3 is 4.90 Å². The molecule has 1 rings (SSSR count). The zero-order valence-corrected chi connectivity index (χ0v) is 9.03. The van der Waals surface area contributed by atoms with E-state index in [1.165, 1.54) is 6.92 Å². The molecule has 0 aromatic carbocycles. The van der Waals surface area contributed by atoms with Gasteiger partial charge in [0.15, 0.2) is 5.78 Å². The van der Waals surface area contributed by atoms with Crippen molar-refractivity contribution >= 4 is 11.6 Å². The minimum absolute atomic E-state index is 0.00338. The first-order valence-corrected chi connectivity index (χ1v) is 4.60. The lowest BCUT2D eigenvalue weighted by molar-refractivity contribution is 0.101. The average molecular weight is 193 g/mol. The lowest BCUT2D eigenvalue weighted by atomic mass is 10.2. The van der Waals surface area contributed by atoms with Crippen LogP contribution < -0.4 is 4.90 Å². The van der Waals surface area contributed by atoms with Crippen LogP contribution in [0.3, 0.4) is 0 Å². The van der Waals surface area contributed by atoms with E-state index in [9.17, 15) is 4.79 Å². The molecule has 0 aliphatic heterocycles. The van der Waals surface area contributed by atoms with Gasteiger partial charge in [0, 0.05) is 26.7 Å². The predicted molar refractivity (Wildman–Crippen MR) is 55.7 cm³/mol. The average Bonchev–Trinajstić information content (AvgIpc) is 2.16. The van der Waals surface area contributed by atoms with Crippen molar-refractivity contribution in [2.24, 2.45) is 0 Å². The van der Waals surface area contributed by atoms with E-state index >= 15 is 0 Å². The first-order chi connectivity index (χ1) is 6.56. The second-order valence-corrected chi connectivity index (χ2v) is 3.33. The first kappa shape index (κ1) is 10.6. The normalized spacial score (nSPS) is 10.0. The summed E-state index contributed by atoms with van der Waals surface area (Å²) in [6, 6.07) is 0. The number of nitrogens with zero attached hydrogens (tertiary/aromatic N) is 3. The molecule has 0 bridgehead atoms. The fraction of sp³-hybridized carbons (Fsp3) is 0.500. The maximum atomic E-state index is 11.3. The van der Waals surface area contributed by atoms with Crippen LogP contribution in [0, 0.1) is 0 Å². The Labute approximate surface area is 84.0 Å². The molecule has 0 amide bonds. The highest BCUT2D eigenvalue weighted by Gasteiger charge is 2.11. The number of anilines is 1. The van der Waals surface area contributed by atoms with Crippen molar-refractivity contribution in [2.75, 3.05) is 19.0 Å². The summed E-state index contributed by atoms with van der Waals surface area (Å²) in [6.07, 6.45) is 2.38. The summed E-state index contributed by atoms with van der Waals surface area (Å²) in [5.74, 6) is 1.46. The molecule has 0 saturated heterocycles. The lowest BCUT2D eigenvalue weighted by Crippen LogP contribution is -2.16. The molecule has 14 heavy (non-hydrogen) atoms. The van der Waals surface area contributed by atoms with Crippen LogP contribution in [-0.2, 0) is 6.42 Å². The van der Waals surface area contributed by atoms with Crippen molar-refractivity contribution in [1.29, 1.82) is 0 Å². The summed E-state index contributed by atoms with van der Waals surface area (Å²) in [7, 11) is 3.74. The van der Waals surface area contributed by atoms with E-state index < -0.39 is 0 Å². The minimum Gasteiger partial charge on any atom is -0.362 e. The highest BCUT2D eigenvalue weighted by atomic mass is 16.1. The van der Waals surface area contributed by atoms with Gasteiger partial charge in [0.2, 0.25) is 0 Å². The van der Waals surface area contributed by atoms with Gasteiger partial charge in [0.05, 0.1) is 5.56 Å². The minimum atomic E-state index is -0.00338. The Hall–Kier alpha value is -1.45. The molecule has 0 saturated carbocycles. The van der Waals surface area contributed by atoms with Gasteiger partial charge in [0.1, 0.15) is 11.6 Å². The summed E-state index contributed by atoms with van der Waals surface area (Å²) in [5, 5.41) is 0. The quantitative estimate of drug-likeness (QED) is 0.679. The van der Waals surface area contributed by atoms with Gasteiger partial charge in [-0.15, -0.1) is 0 Å². The van der Waals surface area contributed by atoms with Gasteiger partial charge in [-0.05, 0) is 6.92 Å². The van der Waals surface area contributed by atoms with E-state index in [0.29, 0.717) is 11.4 Å². The Kier molecular flexibility index (Phi) is 3.17. The molecule has 0 fully saturated rings. The van der Waals surface area contributed by atoms with Gasteiger partial charge in [-0.25, -0.2) is 9.97 Å². The number of hydrogen-bond donors (Lipinski definition) is 0. The number of hydrogen-bond acceptors (Lipinski definition) is 4. The van der Waals surface area contributed by atoms with Gasteiger partial charge in [0.25, 0.3) is 0 Å². The van der Waals surface area contributed by atoms with Crippen molar-refractivity contribution in [3.05, 3.63) is 17.6 Å². The standard InChI is InChI=1S/C10H15N3O/c1-5-9-11-6-8(7(2)14)10(12-9)13(3)4/h6H,5H2,1-4H3. The molecule has 1 heterocycles. The van der Waals surface area contributed by atoms with Crippen LogP contribution in [0.15, 0.2) is 6.20 Å². The number of aryl methyl sites for hydroxylation is 1. The maximum absolute atomic E-state index is 11.3. The number of aromatic nitrogens is 2. The molecule has 0 N–H and O–H groups in total. The smallest absolute Gasteiger partial charge is 0.165 e. The van der Waals surface area contributed by atoms with Gasteiger partial charge in [-0.3, -0.25) is 4.79 Å². The van der Waals surface area contributed by atoms with Gasteiger partial charge in [-0.2, -0.15) is 0 Å². The lowest BCUT2D eigenvalue weighted by Gasteiger charge is -2.14. The molecule has 0 atom stereocenters. The highest BCUT2D eigenvalue weighted by molar-refractivity contribution is 5.98. The zero-order chi connectivity index (χ0) is 10.7. The van der Waals surface area contributed by atoms with Crippen molar-refractivity contribution < 1.29 is 4.79 Å². The number of carbonyl (C=O) groups is 1. The Morgan fingerprint density at radius 2 is 2.14 bits per heavy atom. The van der Waals surface area contributed by atoms with Crippen molar-refractivity contribution in [3.8, 4) is 0 Å². The second-order valence-electron chi connectivity index (χ2n) is 3.33. The molecular weight excluding hydrogens is 178 g/mol. The van der Waals surface area contributed by atoms with Crippen molar-refractivity contribution in [2.45, 2.75) is 20.3 Å². The third-order valence-electron chi connectivity index (χ3n) is 1.94. The SMILES string of the molecule is CCc1ncc(C(C)=O)c(N(C)C)n1. The molecule has 4 nitrogen and oxygen atoms in total. The van der Waals surface area contributed by atoms with Crippen LogP contribution in [0.4, 0.5) is 5.82 Å². The van der Waals surface area contributed by atoms with Gasteiger partial charge in [-0.1, -0.05) is 6.92 Å². The Bertz CT molecular complexity index is 347. The molecule has 0 aliphatic carbocycles. The molecule has 0 aliphatic rings. The molecule has 76 valence electrons. The fourth-order valence-electron chi connectivity index (χ4n) is 1.17. The van der Waals surface area contributed by atoms with Crippen LogP contribution in [0.2, 0.25) is 0 Å². The maximum Gasteiger partial charge on any atom is 0.165 e. The van der Waals surface area contributed by atoms with Gasteiger partial charge >= 0.3 is 0 Å². The summed E-state index contributed by atoms with van der Waals surface area (Å²) >= 11 is 0. The summed E-state index contributed by atoms with van der Waals surface area (Å²) in [5.41, 5.74) is 0.576. The summed E-state index contributed by atoms with van der Waals surface area (Å²) in [6.45, 7) is 3.51. The summed E-state index contributed by atoms with van der Waals surface area (Å²) in [4.78, 5) is 21.5. The highest BCUT2D eigenvalue weighted by Crippen LogP contribution is 2.15. The van der Waals surface area contributed by atoms with E-state index in [-0.39, 0.29) is 5.78 Å². The van der Waals surface area contributed by atoms with Crippen LogP contribution in [0.5, 0.6) is 0 Å². The number of Topliss-reactive ketones (excluding diaryl/α,β-unsaturated/α-hetero) is 1. The van der Waals surface area contributed by atoms with Crippen molar-refractivity contribution in [3.63, 3.8) is 0 Å². The third kappa shape index (κ3) is 2.07. The largest absolute Gasteiger partial charge is 0.362 e. The fourth-order valence-corrected chi connectivity index (χ4v) is 1.17. The number of carbonyl (C=O) groups excluding carboxylic acids is 1. The first-order valence-electron chi connectivity index (χ1n) is 4.60. The predicted octanol–water partition coefficient (Wildman–Crippen LogP) is 1.31. The molecule has 0 radical (unpaired) electrons. The van der Waals surface area contributed by atoms with Crippen molar-refractivity contribution in [1.82, 2.24) is 9.97 Å². The van der Waals surface area contributed by atoms with E-state index in [1.54, 1.807) is 6.20 Å². The number of rotatable bonds is 3. The van der Waals surface area contributed by atoms with Crippen LogP contribution in [0.25, 0.3) is 0 Å². The Morgan fingerprint density at radius 1 is 1.50 bits per heavy atom. The molecule has 0 unspecified atom stereocenters. The van der Waals surface area contributed by atoms with E-state index in [4.69, 9.17) is 0 Å².